The standard InChI is InChI=1S/C15H12F3N3O2S/c16-15(17,18)9-24-12-6-2-1-4-10(12)19-8-13-20-14(21-23-13)11-5-3-7-22-11/h1-7,19H,8-9H2. The average Bonchev–Trinajstić information content (AvgIpc) is 3.22. The Labute approximate surface area is 139 Å². The van der Waals surface area contributed by atoms with Crippen molar-refractivity contribution in [1.82, 2.24) is 10.1 Å². The molecule has 0 atom stereocenters. The summed E-state index contributed by atoms with van der Waals surface area (Å²) < 4.78 is 47.4. The number of halogens is 3. The predicted molar refractivity (Wildman–Crippen MR) is 82.5 cm³/mol. The van der Waals surface area contributed by atoms with E-state index in [1.165, 1.54) is 6.26 Å². The van der Waals surface area contributed by atoms with Crippen LogP contribution in [0.2, 0.25) is 0 Å². The predicted octanol–water partition coefficient (Wildman–Crippen LogP) is 4.60. The van der Waals surface area contributed by atoms with Crippen molar-refractivity contribution in [2.75, 3.05) is 11.1 Å². The minimum Gasteiger partial charge on any atom is -0.461 e. The lowest BCUT2D eigenvalue weighted by molar-refractivity contribution is -0.105. The fourth-order valence-corrected chi connectivity index (χ4v) is 2.69. The number of rotatable bonds is 6. The smallest absolute Gasteiger partial charge is 0.398 e. The highest BCUT2D eigenvalue weighted by molar-refractivity contribution is 7.99. The van der Waals surface area contributed by atoms with Crippen molar-refractivity contribution in [2.24, 2.45) is 0 Å². The Hall–Kier alpha value is -2.42. The van der Waals surface area contributed by atoms with Gasteiger partial charge in [0.25, 0.3) is 0 Å². The molecule has 0 saturated heterocycles. The van der Waals surface area contributed by atoms with Crippen LogP contribution in [-0.4, -0.2) is 22.1 Å². The molecule has 0 aliphatic carbocycles. The van der Waals surface area contributed by atoms with Gasteiger partial charge in [-0.1, -0.05) is 17.3 Å². The Bertz CT molecular complexity index is 787. The Balaban J connectivity index is 1.64. The third kappa shape index (κ3) is 4.31. The molecule has 1 aromatic carbocycles. The van der Waals surface area contributed by atoms with E-state index in [0.717, 1.165) is 11.8 Å². The van der Waals surface area contributed by atoms with Crippen molar-refractivity contribution >= 4 is 17.4 Å². The molecule has 1 N–H and O–H groups in total. The zero-order valence-corrected chi connectivity index (χ0v) is 13.0. The zero-order chi connectivity index (χ0) is 17.0. The second-order valence-electron chi connectivity index (χ2n) is 4.74. The topological polar surface area (TPSA) is 64.1 Å². The second-order valence-corrected chi connectivity index (χ2v) is 5.76. The number of hydrogen-bond acceptors (Lipinski definition) is 6. The van der Waals surface area contributed by atoms with E-state index in [2.05, 4.69) is 15.5 Å². The van der Waals surface area contributed by atoms with Gasteiger partial charge in [0.1, 0.15) is 0 Å². The normalized spacial score (nSPS) is 11.6. The molecule has 24 heavy (non-hydrogen) atoms. The summed E-state index contributed by atoms with van der Waals surface area (Å²) in [6.45, 7) is 0.192. The van der Waals surface area contributed by atoms with Crippen molar-refractivity contribution in [2.45, 2.75) is 17.6 Å². The molecule has 126 valence electrons. The monoisotopic (exact) mass is 355 g/mol. The molecule has 3 rings (SSSR count). The largest absolute Gasteiger partial charge is 0.461 e. The van der Waals surface area contributed by atoms with E-state index >= 15 is 0 Å². The first kappa shape index (κ1) is 16.4. The minimum absolute atomic E-state index is 0.192. The number of alkyl halides is 3. The van der Waals surface area contributed by atoms with Gasteiger partial charge in [0, 0.05) is 10.6 Å². The van der Waals surface area contributed by atoms with Crippen LogP contribution in [0.1, 0.15) is 5.89 Å². The lowest BCUT2D eigenvalue weighted by Crippen LogP contribution is -2.11. The van der Waals surface area contributed by atoms with E-state index in [4.69, 9.17) is 8.94 Å². The van der Waals surface area contributed by atoms with Gasteiger partial charge in [-0.25, -0.2) is 0 Å². The highest BCUT2D eigenvalue weighted by Gasteiger charge is 2.27. The molecule has 0 aliphatic rings. The molecule has 0 aliphatic heterocycles. The Morgan fingerprint density at radius 3 is 2.71 bits per heavy atom. The van der Waals surface area contributed by atoms with E-state index in [1.54, 1.807) is 36.4 Å². The summed E-state index contributed by atoms with van der Waals surface area (Å²) in [6, 6.07) is 10.2. The highest BCUT2D eigenvalue weighted by Crippen LogP contribution is 2.32. The van der Waals surface area contributed by atoms with Crippen LogP contribution in [0.15, 0.2) is 56.5 Å². The summed E-state index contributed by atoms with van der Waals surface area (Å²) >= 11 is 0.723. The van der Waals surface area contributed by atoms with E-state index in [0.29, 0.717) is 28.1 Å². The molecule has 2 aromatic heterocycles. The first-order chi connectivity index (χ1) is 11.5. The molecular formula is C15H12F3N3O2S. The van der Waals surface area contributed by atoms with Crippen LogP contribution in [0.5, 0.6) is 0 Å². The highest BCUT2D eigenvalue weighted by atomic mass is 32.2. The number of nitrogens with zero attached hydrogens (tertiary/aromatic N) is 2. The fraction of sp³-hybridized carbons (Fsp3) is 0.200. The molecule has 0 saturated carbocycles. The van der Waals surface area contributed by atoms with E-state index in [1.807, 2.05) is 0 Å². The first-order valence-corrected chi connectivity index (χ1v) is 7.89. The molecule has 0 amide bonds. The van der Waals surface area contributed by atoms with E-state index < -0.39 is 11.9 Å². The number of furan rings is 1. The zero-order valence-electron chi connectivity index (χ0n) is 12.2. The number of aromatic nitrogens is 2. The molecule has 2 heterocycles. The van der Waals surface area contributed by atoms with Gasteiger partial charge < -0.3 is 14.3 Å². The van der Waals surface area contributed by atoms with Gasteiger partial charge in [0.15, 0.2) is 5.76 Å². The maximum Gasteiger partial charge on any atom is 0.398 e. The van der Waals surface area contributed by atoms with Crippen LogP contribution in [0.3, 0.4) is 0 Å². The minimum atomic E-state index is -4.22. The van der Waals surface area contributed by atoms with Gasteiger partial charge in [0.2, 0.25) is 11.7 Å². The Morgan fingerprint density at radius 2 is 1.96 bits per heavy atom. The van der Waals surface area contributed by atoms with Gasteiger partial charge in [-0.15, -0.1) is 11.8 Å². The molecule has 0 bridgehead atoms. The molecular weight excluding hydrogens is 343 g/mol. The number of hydrogen-bond donors (Lipinski definition) is 1. The summed E-state index contributed by atoms with van der Waals surface area (Å²) in [6.07, 6.45) is -2.72. The third-order valence-corrected chi connectivity index (χ3v) is 4.06. The van der Waals surface area contributed by atoms with Crippen LogP contribution < -0.4 is 5.32 Å². The van der Waals surface area contributed by atoms with Gasteiger partial charge in [-0.3, -0.25) is 0 Å². The van der Waals surface area contributed by atoms with Crippen LogP contribution in [0, 0.1) is 0 Å². The Morgan fingerprint density at radius 1 is 1.12 bits per heavy atom. The molecule has 0 spiro atoms. The number of para-hydroxylation sites is 1. The van der Waals surface area contributed by atoms with Gasteiger partial charge >= 0.3 is 6.18 Å². The number of thioether (sulfide) groups is 1. The van der Waals surface area contributed by atoms with E-state index in [-0.39, 0.29) is 6.54 Å². The third-order valence-electron chi connectivity index (χ3n) is 2.92. The maximum atomic E-state index is 12.4. The van der Waals surface area contributed by atoms with Crippen LogP contribution in [-0.2, 0) is 6.54 Å². The summed E-state index contributed by atoms with van der Waals surface area (Å²) in [5.41, 5.74) is 0.574. The SMILES string of the molecule is FC(F)(F)CSc1ccccc1NCc1nc(-c2ccco2)no1. The van der Waals surface area contributed by atoms with Crippen LogP contribution in [0.25, 0.3) is 11.6 Å². The summed E-state index contributed by atoms with van der Waals surface area (Å²) in [5, 5.41) is 6.80. The summed E-state index contributed by atoms with van der Waals surface area (Å²) in [5.74, 6) is 0.147. The summed E-state index contributed by atoms with van der Waals surface area (Å²) in [7, 11) is 0. The number of nitrogens with one attached hydrogen (secondary N) is 1. The lowest BCUT2D eigenvalue weighted by Gasteiger charge is -2.11. The number of anilines is 1. The fourth-order valence-electron chi connectivity index (χ4n) is 1.90. The van der Waals surface area contributed by atoms with E-state index in [9.17, 15) is 13.2 Å². The van der Waals surface area contributed by atoms with Crippen molar-refractivity contribution in [3.05, 3.63) is 48.6 Å². The molecule has 5 nitrogen and oxygen atoms in total. The van der Waals surface area contributed by atoms with Gasteiger partial charge in [0.05, 0.1) is 18.6 Å². The summed E-state index contributed by atoms with van der Waals surface area (Å²) in [4.78, 5) is 4.66. The number of benzene rings is 1. The molecule has 0 radical (unpaired) electrons. The lowest BCUT2D eigenvalue weighted by atomic mass is 10.3. The molecule has 9 heteroatoms. The Kier molecular flexibility index (Phi) is 4.79. The van der Waals surface area contributed by atoms with Crippen molar-refractivity contribution in [3.8, 4) is 11.6 Å². The maximum absolute atomic E-state index is 12.4. The van der Waals surface area contributed by atoms with Crippen molar-refractivity contribution in [3.63, 3.8) is 0 Å². The average molecular weight is 355 g/mol. The van der Waals surface area contributed by atoms with Gasteiger partial charge in [-0.2, -0.15) is 18.2 Å². The van der Waals surface area contributed by atoms with Gasteiger partial charge in [-0.05, 0) is 24.3 Å². The molecule has 0 unspecified atom stereocenters. The second kappa shape index (κ2) is 7.00. The molecule has 0 fully saturated rings. The van der Waals surface area contributed by atoms with Crippen LogP contribution >= 0.6 is 11.8 Å². The quantitative estimate of drug-likeness (QED) is 0.652. The van der Waals surface area contributed by atoms with Crippen molar-refractivity contribution in [1.29, 1.82) is 0 Å². The first-order valence-electron chi connectivity index (χ1n) is 6.90. The van der Waals surface area contributed by atoms with Crippen LogP contribution in [0.4, 0.5) is 18.9 Å². The van der Waals surface area contributed by atoms with Crippen molar-refractivity contribution < 1.29 is 22.1 Å². The molecule has 3 aromatic rings.